The summed E-state index contributed by atoms with van der Waals surface area (Å²) in [5.41, 5.74) is 7.36. The number of hydrogen-bond acceptors (Lipinski definition) is 5. The van der Waals surface area contributed by atoms with Crippen LogP contribution in [0.15, 0.2) is 30.5 Å². The third-order valence-electron chi connectivity index (χ3n) is 2.97. The number of aromatic nitrogens is 1. The Morgan fingerprint density at radius 3 is 2.57 bits per heavy atom. The Balaban J connectivity index is 0.000000677. The standard InChI is InChI=1S/C13H16N2O3.CO2/c14-11(13(17)18)6-9(16)5-8-7-15-12-4-2-1-3-10(8)12;2-1-3/h1-4,7,9,11,15-16H,5-6,14H2,(H,17,18);/t9-,11+;/m1./s1. The smallest absolute Gasteiger partial charge is 0.373 e. The van der Waals surface area contributed by atoms with Crippen molar-refractivity contribution < 1.29 is 24.6 Å². The summed E-state index contributed by atoms with van der Waals surface area (Å²) in [7, 11) is 0. The van der Waals surface area contributed by atoms with Gasteiger partial charge in [0.05, 0.1) is 6.10 Å². The molecule has 0 fully saturated rings. The molecule has 0 saturated heterocycles. The van der Waals surface area contributed by atoms with Crippen LogP contribution in [0, 0.1) is 0 Å². The van der Waals surface area contributed by atoms with Crippen LogP contribution in [0.3, 0.4) is 0 Å². The molecular formula is C14H16N2O5. The molecule has 1 aromatic heterocycles. The summed E-state index contributed by atoms with van der Waals surface area (Å²) in [6.45, 7) is 0. The minimum absolute atomic E-state index is 0.0504. The van der Waals surface area contributed by atoms with Crippen LogP contribution < -0.4 is 5.73 Å². The topological polar surface area (TPSA) is 133 Å². The van der Waals surface area contributed by atoms with Crippen LogP contribution in [0.25, 0.3) is 10.9 Å². The van der Waals surface area contributed by atoms with Gasteiger partial charge in [0.15, 0.2) is 0 Å². The third kappa shape index (κ3) is 4.85. The van der Waals surface area contributed by atoms with Crippen LogP contribution in [0.1, 0.15) is 12.0 Å². The van der Waals surface area contributed by atoms with Crippen LogP contribution >= 0.6 is 0 Å². The number of rotatable bonds is 5. The first-order valence-corrected chi connectivity index (χ1v) is 6.20. The summed E-state index contributed by atoms with van der Waals surface area (Å²) < 4.78 is 0. The van der Waals surface area contributed by atoms with Crippen molar-refractivity contribution in [1.82, 2.24) is 4.98 Å². The monoisotopic (exact) mass is 292 g/mol. The van der Waals surface area contributed by atoms with Gasteiger partial charge in [-0.2, -0.15) is 9.59 Å². The molecule has 2 rings (SSSR count). The number of carboxylic acids is 1. The Kier molecular flexibility index (Phi) is 6.29. The highest BCUT2D eigenvalue weighted by molar-refractivity contribution is 5.83. The van der Waals surface area contributed by atoms with E-state index in [-0.39, 0.29) is 12.6 Å². The Hall–Kier alpha value is -2.47. The third-order valence-corrected chi connectivity index (χ3v) is 2.97. The molecule has 2 aromatic rings. The number of carbonyl (C=O) groups is 1. The van der Waals surface area contributed by atoms with Gasteiger partial charge < -0.3 is 20.9 Å². The van der Waals surface area contributed by atoms with Gasteiger partial charge in [0.1, 0.15) is 6.04 Å². The second kappa shape index (κ2) is 7.96. The zero-order valence-electron chi connectivity index (χ0n) is 11.2. The Labute approximate surface area is 120 Å². The fourth-order valence-electron chi connectivity index (χ4n) is 2.03. The van der Waals surface area contributed by atoms with Crippen molar-refractivity contribution in [2.24, 2.45) is 5.73 Å². The Morgan fingerprint density at radius 2 is 1.95 bits per heavy atom. The summed E-state index contributed by atoms with van der Waals surface area (Å²) >= 11 is 0. The summed E-state index contributed by atoms with van der Waals surface area (Å²) in [5, 5.41) is 19.6. The number of aromatic amines is 1. The molecule has 0 aliphatic heterocycles. The molecule has 21 heavy (non-hydrogen) atoms. The van der Waals surface area contributed by atoms with Gasteiger partial charge in [-0.1, -0.05) is 18.2 Å². The summed E-state index contributed by atoms with van der Waals surface area (Å²) in [5.74, 6) is -1.09. The first kappa shape index (κ1) is 16.6. The van der Waals surface area contributed by atoms with Crippen molar-refractivity contribution in [3.63, 3.8) is 0 Å². The number of benzene rings is 1. The fourth-order valence-corrected chi connectivity index (χ4v) is 2.03. The van der Waals surface area contributed by atoms with E-state index in [2.05, 4.69) is 4.98 Å². The molecule has 0 unspecified atom stereocenters. The molecule has 1 heterocycles. The van der Waals surface area contributed by atoms with Crippen LogP contribution in [0.2, 0.25) is 0 Å². The number of carbonyl (C=O) groups excluding carboxylic acids is 2. The zero-order chi connectivity index (χ0) is 15.8. The van der Waals surface area contributed by atoms with Gasteiger partial charge in [0.2, 0.25) is 0 Å². The predicted octanol–water partition coefficient (Wildman–Crippen LogP) is 0.290. The molecule has 2 atom stereocenters. The average molecular weight is 292 g/mol. The van der Waals surface area contributed by atoms with Gasteiger partial charge in [-0.15, -0.1) is 0 Å². The molecule has 0 radical (unpaired) electrons. The molecule has 1 aromatic carbocycles. The van der Waals surface area contributed by atoms with Gasteiger partial charge in [0, 0.05) is 23.5 Å². The van der Waals surface area contributed by atoms with Crippen LogP contribution in [-0.4, -0.2) is 39.5 Å². The normalized spacial score (nSPS) is 12.9. The lowest BCUT2D eigenvalue weighted by Crippen LogP contribution is -2.34. The number of aliphatic carboxylic acids is 1. The largest absolute Gasteiger partial charge is 0.480 e. The molecule has 0 aliphatic carbocycles. The average Bonchev–Trinajstić information content (AvgIpc) is 2.83. The van der Waals surface area contributed by atoms with Crippen molar-refractivity contribution in [3.8, 4) is 0 Å². The number of aliphatic hydroxyl groups excluding tert-OH is 1. The number of nitrogens with two attached hydrogens (primary N) is 1. The van der Waals surface area contributed by atoms with Crippen molar-refractivity contribution in [1.29, 1.82) is 0 Å². The molecule has 0 spiro atoms. The summed E-state index contributed by atoms with van der Waals surface area (Å²) in [4.78, 5) is 30.0. The highest BCUT2D eigenvalue weighted by Crippen LogP contribution is 2.19. The van der Waals surface area contributed by atoms with E-state index in [0.717, 1.165) is 16.5 Å². The molecule has 0 bridgehead atoms. The number of nitrogens with one attached hydrogen (secondary N) is 1. The van der Waals surface area contributed by atoms with Gasteiger partial charge in [0.25, 0.3) is 0 Å². The maximum absolute atomic E-state index is 10.6. The van der Waals surface area contributed by atoms with Crippen molar-refractivity contribution in [2.45, 2.75) is 25.0 Å². The Morgan fingerprint density at radius 1 is 1.33 bits per heavy atom. The van der Waals surface area contributed by atoms with E-state index in [0.29, 0.717) is 6.42 Å². The van der Waals surface area contributed by atoms with E-state index in [1.54, 1.807) is 0 Å². The first-order chi connectivity index (χ1) is 9.99. The van der Waals surface area contributed by atoms with Crippen LogP contribution in [0.5, 0.6) is 0 Å². The molecule has 0 aliphatic rings. The lowest BCUT2D eigenvalue weighted by Gasteiger charge is -2.12. The number of aliphatic hydroxyl groups is 1. The molecule has 0 saturated carbocycles. The van der Waals surface area contributed by atoms with Crippen LogP contribution in [0.4, 0.5) is 0 Å². The number of fused-ring (bicyclic) bond motifs is 1. The molecular weight excluding hydrogens is 276 g/mol. The van der Waals surface area contributed by atoms with Crippen molar-refractivity contribution in [2.75, 3.05) is 0 Å². The maximum atomic E-state index is 10.6. The van der Waals surface area contributed by atoms with Crippen LogP contribution in [-0.2, 0) is 20.8 Å². The van der Waals surface area contributed by atoms with Gasteiger partial charge in [-0.3, -0.25) is 4.79 Å². The van der Waals surface area contributed by atoms with E-state index in [9.17, 15) is 9.90 Å². The highest BCUT2D eigenvalue weighted by atomic mass is 16.4. The summed E-state index contributed by atoms with van der Waals surface area (Å²) in [6, 6.07) is 6.75. The second-order valence-corrected chi connectivity index (χ2v) is 4.48. The van der Waals surface area contributed by atoms with E-state index in [1.807, 2.05) is 30.5 Å². The number of para-hydroxylation sites is 1. The number of H-pyrrole nitrogens is 1. The SMILES string of the molecule is N[C@@H](C[C@H](O)Cc1c[nH]c2ccccc12)C(=O)O.O=C=O. The van der Waals surface area contributed by atoms with E-state index in [1.165, 1.54) is 0 Å². The predicted molar refractivity (Wildman–Crippen MR) is 73.2 cm³/mol. The van der Waals surface area contributed by atoms with Gasteiger partial charge in [-0.25, -0.2) is 0 Å². The van der Waals surface area contributed by atoms with Gasteiger partial charge in [-0.05, 0) is 18.1 Å². The molecule has 5 N–H and O–H groups in total. The quantitative estimate of drug-likeness (QED) is 0.626. The number of hydrogen-bond donors (Lipinski definition) is 4. The first-order valence-electron chi connectivity index (χ1n) is 6.20. The molecule has 7 nitrogen and oxygen atoms in total. The minimum atomic E-state index is -1.09. The Bertz CT molecular complexity index is 631. The molecule has 7 heteroatoms. The minimum Gasteiger partial charge on any atom is -0.480 e. The van der Waals surface area contributed by atoms with E-state index >= 15 is 0 Å². The van der Waals surface area contributed by atoms with Crippen molar-refractivity contribution >= 4 is 23.0 Å². The van der Waals surface area contributed by atoms with Gasteiger partial charge >= 0.3 is 12.1 Å². The van der Waals surface area contributed by atoms with Crippen molar-refractivity contribution in [3.05, 3.63) is 36.0 Å². The maximum Gasteiger partial charge on any atom is 0.373 e. The zero-order valence-corrected chi connectivity index (χ0v) is 11.2. The van der Waals surface area contributed by atoms with E-state index < -0.39 is 18.1 Å². The highest BCUT2D eigenvalue weighted by Gasteiger charge is 2.18. The molecule has 0 amide bonds. The number of carboxylic acid groups (broad SMARTS) is 1. The second-order valence-electron chi connectivity index (χ2n) is 4.48. The molecule has 112 valence electrons. The van der Waals surface area contributed by atoms with E-state index in [4.69, 9.17) is 20.4 Å². The lowest BCUT2D eigenvalue weighted by atomic mass is 10.0. The lowest BCUT2D eigenvalue weighted by molar-refractivity contribution is -0.191. The summed E-state index contributed by atoms with van der Waals surface area (Å²) in [6.07, 6.45) is 1.77. The fraction of sp³-hybridized carbons (Fsp3) is 0.286.